The van der Waals surface area contributed by atoms with Gasteiger partial charge in [-0.15, -0.1) is 0 Å². The van der Waals surface area contributed by atoms with Crippen molar-refractivity contribution in [2.75, 3.05) is 7.05 Å². The Labute approximate surface area is 135 Å². The fourth-order valence-electron chi connectivity index (χ4n) is 2.35. The van der Waals surface area contributed by atoms with Gasteiger partial charge in [0, 0.05) is 37.7 Å². The molecule has 114 valence electrons. The minimum atomic E-state index is -0.0425. The van der Waals surface area contributed by atoms with Crippen LogP contribution in [0.2, 0.25) is 0 Å². The highest BCUT2D eigenvalue weighted by Crippen LogP contribution is 2.16. The largest absolute Gasteiger partial charge is 0.337 e. The van der Waals surface area contributed by atoms with Crippen molar-refractivity contribution >= 4 is 5.91 Å². The molecule has 0 bridgehead atoms. The van der Waals surface area contributed by atoms with E-state index >= 15 is 0 Å². The summed E-state index contributed by atoms with van der Waals surface area (Å²) in [4.78, 5) is 22.6. The van der Waals surface area contributed by atoms with E-state index < -0.39 is 0 Å². The Kier molecular flexibility index (Phi) is 4.43. The van der Waals surface area contributed by atoms with Gasteiger partial charge in [-0.25, -0.2) is 0 Å². The lowest BCUT2D eigenvalue weighted by Crippen LogP contribution is -2.26. The molecule has 0 N–H and O–H groups in total. The summed E-state index contributed by atoms with van der Waals surface area (Å²) < 4.78 is 0. The van der Waals surface area contributed by atoms with Crippen LogP contribution >= 0.6 is 0 Å². The molecule has 23 heavy (non-hydrogen) atoms. The van der Waals surface area contributed by atoms with Gasteiger partial charge in [0.1, 0.15) is 0 Å². The maximum Gasteiger partial charge on any atom is 0.255 e. The van der Waals surface area contributed by atoms with Crippen LogP contribution in [0.15, 0.2) is 73.2 Å². The van der Waals surface area contributed by atoms with E-state index in [-0.39, 0.29) is 5.91 Å². The molecule has 2 heterocycles. The number of carbonyl (C=O) groups is 1. The second-order valence-electron chi connectivity index (χ2n) is 5.32. The highest BCUT2D eigenvalue weighted by molar-refractivity contribution is 5.94. The Hall–Kier alpha value is -3.01. The molecule has 2 aromatic heterocycles. The molecule has 0 aliphatic carbocycles. The third kappa shape index (κ3) is 3.61. The summed E-state index contributed by atoms with van der Waals surface area (Å²) in [6.45, 7) is 0.573. The van der Waals surface area contributed by atoms with Crippen LogP contribution in [-0.2, 0) is 6.54 Å². The van der Waals surface area contributed by atoms with Crippen molar-refractivity contribution in [1.29, 1.82) is 0 Å². The molecule has 0 unspecified atom stereocenters. The summed E-state index contributed by atoms with van der Waals surface area (Å²) in [6, 6.07) is 17.4. The molecule has 0 aliphatic heterocycles. The molecule has 4 heteroatoms. The summed E-state index contributed by atoms with van der Waals surface area (Å²) in [6.07, 6.45) is 5.09. The molecule has 4 nitrogen and oxygen atoms in total. The lowest BCUT2D eigenvalue weighted by atomic mass is 10.1. The van der Waals surface area contributed by atoms with Crippen LogP contribution in [0.4, 0.5) is 0 Å². The van der Waals surface area contributed by atoms with E-state index in [1.54, 1.807) is 36.6 Å². The molecule has 1 aromatic carbocycles. The Morgan fingerprint density at radius 3 is 2.48 bits per heavy atom. The maximum atomic E-state index is 12.5. The van der Waals surface area contributed by atoms with Crippen molar-refractivity contribution in [1.82, 2.24) is 14.9 Å². The predicted molar refractivity (Wildman–Crippen MR) is 89.7 cm³/mol. The van der Waals surface area contributed by atoms with E-state index in [4.69, 9.17) is 0 Å². The number of hydrogen-bond donors (Lipinski definition) is 0. The normalized spacial score (nSPS) is 10.3. The fourth-order valence-corrected chi connectivity index (χ4v) is 2.35. The van der Waals surface area contributed by atoms with Gasteiger partial charge >= 0.3 is 0 Å². The van der Waals surface area contributed by atoms with Gasteiger partial charge in [-0.05, 0) is 29.8 Å². The van der Waals surface area contributed by atoms with E-state index in [1.165, 1.54) is 0 Å². The second kappa shape index (κ2) is 6.83. The number of benzene rings is 1. The van der Waals surface area contributed by atoms with E-state index in [2.05, 4.69) is 9.97 Å². The molecule has 1 amide bonds. The van der Waals surface area contributed by atoms with Gasteiger partial charge in [0.05, 0.1) is 11.3 Å². The first-order valence-corrected chi connectivity index (χ1v) is 7.40. The number of nitrogens with zero attached hydrogens (tertiary/aromatic N) is 3. The Balaban J connectivity index is 1.72. The summed E-state index contributed by atoms with van der Waals surface area (Å²) in [5.41, 5.74) is 3.42. The first-order valence-electron chi connectivity index (χ1n) is 7.40. The van der Waals surface area contributed by atoms with Gasteiger partial charge in [0.15, 0.2) is 0 Å². The van der Waals surface area contributed by atoms with Gasteiger partial charge in [-0.3, -0.25) is 14.8 Å². The fraction of sp³-hybridized carbons (Fsp3) is 0.105. The Bertz CT molecular complexity index is 771. The topological polar surface area (TPSA) is 46.1 Å². The van der Waals surface area contributed by atoms with Gasteiger partial charge in [-0.2, -0.15) is 0 Å². The number of amides is 1. The summed E-state index contributed by atoms with van der Waals surface area (Å²) in [7, 11) is 1.80. The molecule has 0 fully saturated rings. The molecule has 0 aliphatic rings. The number of aromatic nitrogens is 2. The van der Waals surface area contributed by atoms with Crippen LogP contribution in [0.1, 0.15) is 15.9 Å². The smallest absolute Gasteiger partial charge is 0.255 e. The van der Waals surface area contributed by atoms with Crippen molar-refractivity contribution in [3.8, 4) is 11.3 Å². The molecule has 0 atom stereocenters. The summed E-state index contributed by atoms with van der Waals surface area (Å²) in [5.74, 6) is -0.0425. The molecule has 3 aromatic rings. The quantitative estimate of drug-likeness (QED) is 0.742. The molecular weight excluding hydrogens is 286 g/mol. The average molecular weight is 303 g/mol. The minimum absolute atomic E-state index is 0.0425. The van der Waals surface area contributed by atoms with Gasteiger partial charge < -0.3 is 4.90 Å². The van der Waals surface area contributed by atoms with Crippen molar-refractivity contribution in [3.63, 3.8) is 0 Å². The molecule has 0 radical (unpaired) electrons. The van der Waals surface area contributed by atoms with Gasteiger partial charge in [0.2, 0.25) is 0 Å². The molecule has 3 rings (SSSR count). The van der Waals surface area contributed by atoms with Crippen LogP contribution in [-0.4, -0.2) is 27.8 Å². The molecule has 0 spiro atoms. The highest BCUT2D eigenvalue weighted by atomic mass is 16.2. The van der Waals surface area contributed by atoms with Crippen molar-refractivity contribution in [2.45, 2.75) is 6.54 Å². The first-order chi connectivity index (χ1) is 11.2. The first kappa shape index (κ1) is 14.9. The van der Waals surface area contributed by atoms with Crippen LogP contribution in [0.3, 0.4) is 0 Å². The van der Waals surface area contributed by atoms with E-state index in [9.17, 15) is 4.79 Å². The van der Waals surface area contributed by atoms with E-state index in [0.29, 0.717) is 12.1 Å². The third-order valence-corrected chi connectivity index (χ3v) is 3.58. The second-order valence-corrected chi connectivity index (χ2v) is 5.32. The van der Waals surface area contributed by atoms with E-state index in [1.807, 2.05) is 48.5 Å². The van der Waals surface area contributed by atoms with Crippen LogP contribution in [0, 0.1) is 0 Å². The lowest BCUT2D eigenvalue weighted by molar-refractivity contribution is 0.0784. The SMILES string of the molecule is CN(Cc1ccccc1)C(=O)c1ccc(-c2cccnc2)nc1. The number of carbonyl (C=O) groups excluding carboxylic acids is 1. The van der Waals surface area contributed by atoms with Crippen LogP contribution < -0.4 is 0 Å². The number of rotatable bonds is 4. The van der Waals surface area contributed by atoms with Crippen LogP contribution in [0.25, 0.3) is 11.3 Å². The molecule has 0 saturated heterocycles. The predicted octanol–water partition coefficient (Wildman–Crippen LogP) is 3.42. The monoisotopic (exact) mass is 303 g/mol. The zero-order valence-electron chi connectivity index (χ0n) is 12.9. The van der Waals surface area contributed by atoms with Gasteiger partial charge in [-0.1, -0.05) is 30.3 Å². The zero-order chi connectivity index (χ0) is 16.1. The van der Waals surface area contributed by atoms with Crippen molar-refractivity contribution in [3.05, 3.63) is 84.3 Å². The highest BCUT2D eigenvalue weighted by Gasteiger charge is 2.12. The average Bonchev–Trinajstić information content (AvgIpc) is 2.63. The lowest BCUT2D eigenvalue weighted by Gasteiger charge is -2.17. The number of pyridine rings is 2. The molecule has 0 saturated carbocycles. The van der Waals surface area contributed by atoms with Crippen LogP contribution in [0.5, 0.6) is 0 Å². The maximum absolute atomic E-state index is 12.5. The Morgan fingerprint density at radius 1 is 1.00 bits per heavy atom. The van der Waals surface area contributed by atoms with Crippen molar-refractivity contribution < 1.29 is 4.79 Å². The molecular formula is C19H17N3O. The zero-order valence-corrected chi connectivity index (χ0v) is 12.9. The van der Waals surface area contributed by atoms with Gasteiger partial charge in [0.25, 0.3) is 5.91 Å². The Morgan fingerprint density at radius 2 is 1.83 bits per heavy atom. The summed E-state index contributed by atoms with van der Waals surface area (Å²) >= 11 is 0. The summed E-state index contributed by atoms with van der Waals surface area (Å²) in [5, 5.41) is 0. The van der Waals surface area contributed by atoms with Crippen molar-refractivity contribution in [2.24, 2.45) is 0 Å². The standard InChI is InChI=1S/C19H17N3O/c1-22(14-15-6-3-2-4-7-15)19(23)17-9-10-18(21-13-17)16-8-5-11-20-12-16/h2-13H,14H2,1H3. The number of hydrogen-bond acceptors (Lipinski definition) is 3. The third-order valence-electron chi connectivity index (χ3n) is 3.58. The van der Waals surface area contributed by atoms with E-state index in [0.717, 1.165) is 16.8 Å². The minimum Gasteiger partial charge on any atom is -0.337 e.